The van der Waals surface area contributed by atoms with Crippen LogP contribution in [0.15, 0.2) is 60.1 Å². The Kier molecular flexibility index (Phi) is 3.82. The Morgan fingerprint density at radius 1 is 1.14 bits per heavy atom. The van der Waals surface area contributed by atoms with E-state index in [9.17, 15) is 0 Å². The highest BCUT2D eigenvalue weighted by molar-refractivity contribution is 7.09. The van der Waals surface area contributed by atoms with Crippen molar-refractivity contribution in [2.45, 2.75) is 19.0 Å². The molecule has 0 saturated carbocycles. The summed E-state index contributed by atoms with van der Waals surface area (Å²) in [6, 6.07) is 17.1. The van der Waals surface area contributed by atoms with Crippen LogP contribution in [0.5, 0.6) is 0 Å². The van der Waals surface area contributed by atoms with Gasteiger partial charge in [-0.2, -0.15) is 0 Å². The molecule has 0 amide bonds. The van der Waals surface area contributed by atoms with Gasteiger partial charge >= 0.3 is 0 Å². The molecule has 144 valence electrons. The number of fused-ring (bicyclic) bond motifs is 4. The fraction of sp³-hybridized carbons (Fsp3) is 0.217. The first-order valence-corrected chi connectivity index (χ1v) is 10.8. The third-order valence-electron chi connectivity index (χ3n) is 6.02. The van der Waals surface area contributed by atoms with Crippen molar-refractivity contribution in [3.8, 4) is 0 Å². The van der Waals surface area contributed by atoms with E-state index in [0.717, 1.165) is 35.9 Å². The maximum Gasteiger partial charge on any atom is 0.133 e. The monoisotopic (exact) mass is 399 g/mol. The summed E-state index contributed by atoms with van der Waals surface area (Å²) >= 11 is 1.72. The van der Waals surface area contributed by atoms with Gasteiger partial charge < -0.3 is 9.55 Å². The molecule has 4 heterocycles. The standard InChI is InChI=1S/C23H21N5S/c1-27-19-9-5-4-8-18(19)26-23(27)22-21-16(15-6-2-3-7-17(15)25-21)10-12-28(22)14-20-24-11-13-29-20/h2-9,11,13,22,25H,10,12,14H2,1H3/t22-/m0/s1. The highest BCUT2D eigenvalue weighted by Gasteiger charge is 2.35. The lowest BCUT2D eigenvalue weighted by Gasteiger charge is -2.34. The van der Waals surface area contributed by atoms with Crippen LogP contribution >= 0.6 is 11.3 Å². The summed E-state index contributed by atoms with van der Waals surface area (Å²) in [5, 5.41) is 4.53. The van der Waals surface area contributed by atoms with Gasteiger partial charge in [-0.15, -0.1) is 11.3 Å². The molecular formula is C23H21N5S. The Labute approximate surface area is 172 Å². The number of para-hydroxylation sites is 3. The fourth-order valence-electron chi connectivity index (χ4n) is 4.67. The molecule has 1 N–H and O–H groups in total. The SMILES string of the molecule is Cn1c([C@@H]2c3[nH]c4ccccc4c3CCN2Cc2nccs2)nc2ccccc21. The fourth-order valence-corrected chi connectivity index (χ4v) is 5.31. The molecule has 6 heteroatoms. The Bertz CT molecular complexity index is 1310. The molecule has 2 aromatic carbocycles. The topological polar surface area (TPSA) is 49.7 Å². The molecular weight excluding hydrogens is 378 g/mol. The Morgan fingerprint density at radius 3 is 2.86 bits per heavy atom. The Balaban J connectivity index is 1.56. The molecule has 0 radical (unpaired) electrons. The summed E-state index contributed by atoms with van der Waals surface area (Å²) in [7, 11) is 2.13. The zero-order chi connectivity index (χ0) is 19.4. The van der Waals surface area contributed by atoms with E-state index in [1.165, 1.54) is 27.7 Å². The molecule has 0 fully saturated rings. The second-order valence-corrected chi connectivity index (χ2v) is 8.61. The Morgan fingerprint density at radius 2 is 2.00 bits per heavy atom. The third-order valence-corrected chi connectivity index (χ3v) is 6.79. The van der Waals surface area contributed by atoms with Crippen LogP contribution in [-0.2, 0) is 20.0 Å². The minimum absolute atomic E-state index is 0.0763. The summed E-state index contributed by atoms with van der Waals surface area (Å²) in [6.07, 6.45) is 2.92. The average molecular weight is 400 g/mol. The van der Waals surface area contributed by atoms with Gasteiger partial charge in [-0.1, -0.05) is 30.3 Å². The lowest BCUT2D eigenvalue weighted by Crippen LogP contribution is -2.37. The number of hydrogen-bond donors (Lipinski definition) is 1. The smallest absolute Gasteiger partial charge is 0.133 e. The normalized spacial score (nSPS) is 17.2. The molecule has 0 spiro atoms. The van der Waals surface area contributed by atoms with Gasteiger partial charge in [0.1, 0.15) is 16.9 Å². The molecule has 29 heavy (non-hydrogen) atoms. The number of thiazole rings is 1. The number of nitrogens with one attached hydrogen (secondary N) is 1. The number of aromatic nitrogens is 4. The van der Waals surface area contributed by atoms with Gasteiger partial charge in [0.2, 0.25) is 0 Å². The largest absolute Gasteiger partial charge is 0.356 e. The van der Waals surface area contributed by atoms with Crippen LogP contribution in [0.25, 0.3) is 21.9 Å². The van der Waals surface area contributed by atoms with E-state index in [1.54, 1.807) is 11.3 Å². The minimum Gasteiger partial charge on any atom is -0.356 e. The van der Waals surface area contributed by atoms with Crippen molar-refractivity contribution in [2.24, 2.45) is 7.05 Å². The van der Waals surface area contributed by atoms with Gasteiger partial charge in [0.05, 0.1) is 17.6 Å². The van der Waals surface area contributed by atoms with Crippen molar-refractivity contribution < 1.29 is 0 Å². The predicted octanol–water partition coefficient (Wildman–Crippen LogP) is 4.66. The van der Waals surface area contributed by atoms with Crippen LogP contribution in [0.1, 0.15) is 28.1 Å². The summed E-state index contributed by atoms with van der Waals surface area (Å²) in [4.78, 5) is 15.9. The van der Waals surface area contributed by atoms with Gasteiger partial charge in [-0.05, 0) is 30.2 Å². The lowest BCUT2D eigenvalue weighted by molar-refractivity contribution is 0.192. The molecule has 3 aromatic heterocycles. The quantitative estimate of drug-likeness (QED) is 0.480. The maximum atomic E-state index is 5.07. The predicted molar refractivity (Wildman–Crippen MR) is 117 cm³/mol. The molecule has 1 aliphatic heterocycles. The number of rotatable bonds is 3. The van der Waals surface area contributed by atoms with E-state index in [2.05, 4.69) is 80.4 Å². The second-order valence-electron chi connectivity index (χ2n) is 7.63. The van der Waals surface area contributed by atoms with Crippen molar-refractivity contribution in [1.29, 1.82) is 0 Å². The van der Waals surface area contributed by atoms with E-state index < -0.39 is 0 Å². The van der Waals surface area contributed by atoms with Crippen molar-refractivity contribution in [2.75, 3.05) is 6.54 Å². The molecule has 1 aliphatic rings. The van der Waals surface area contributed by atoms with E-state index in [0.29, 0.717) is 0 Å². The van der Waals surface area contributed by atoms with E-state index in [1.807, 2.05) is 6.20 Å². The molecule has 0 unspecified atom stereocenters. The second kappa shape index (κ2) is 6.54. The van der Waals surface area contributed by atoms with Gasteiger partial charge in [0.15, 0.2) is 0 Å². The molecule has 0 bridgehead atoms. The van der Waals surface area contributed by atoms with Crippen molar-refractivity contribution in [3.05, 3.63) is 82.2 Å². The van der Waals surface area contributed by atoms with Crippen molar-refractivity contribution >= 4 is 33.3 Å². The number of hydrogen-bond acceptors (Lipinski definition) is 4. The first-order chi connectivity index (χ1) is 14.3. The summed E-state index contributed by atoms with van der Waals surface area (Å²) < 4.78 is 2.25. The van der Waals surface area contributed by atoms with E-state index in [-0.39, 0.29) is 6.04 Å². The summed E-state index contributed by atoms with van der Waals surface area (Å²) in [5.74, 6) is 1.08. The van der Waals surface area contributed by atoms with Crippen LogP contribution in [-0.4, -0.2) is 31.0 Å². The van der Waals surface area contributed by atoms with Gasteiger partial charge in [-0.3, -0.25) is 4.90 Å². The number of benzene rings is 2. The minimum atomic E-state index is 0.0763. The lowest BCUT2D eigenvalue weighted by atomic mass is 9.96. The van der Waals surface area contributed by atoms with E-state index in [4.69, 9.17) is 4.98 Å². The number of H-pyrrole nitrogens is 1. The number of imidazole rings is 1. The number of nitrogens with zero attached hydrogens (tertiary/aromatic N) is 4. The zero-order valence-corrected chi connectivity index (χ0v) is 17.0. The molecule has 5 aromatic rings. The first-order valence-electron chi connectivity index (χ1n) is 9.93. The number of aromatic amines is 1. The average Bonchev–Trinajstić information content (AvgIpc) is 3.46. The zero-order valence-electron chi connectivity index (χ0n) is 16.2. The maximum absolute atomic E-state index is 5.07. The van der Waals surface area contributed by atoms with Crippen LogP contribution in [0, 0.1) is 0 Å². The van der Waals surface area contributed by atoms with Crippen LogP contribution in [0.2, 0.25) is 0 Å². The molecule has 5 nitrogen and oxygen atoms in total. The van der Waals surface area contributed by atoms with Crippen molar-refractivity contribution in [1.82, 2.24) is 24.4 Å². The molecule has 1 atom stereocenters. The molecule has 0 aliphatic carbocycles. The highest BCUT2D eigenvalue weighted by Crippen LogP contribution is 2.39. The summed E-state index contributed by atoms with van der Waals surface area (Å²) in [6.45, 7) is 1.82. The van der Waals surface area contributed by atoms with Crippen LogP contribution in [0.3, 0.4) is 0 Å². The van der Waals surface area contributed by atoms with Gasteiger partial charge in [0.25, 0.3) is 0 Å². The molecule has 0 saturated heterocycles. The van der Waals surface area contributed by atoms with Crippen LogP contribution < -0.4 is 0 Å². The van der Waals surface area contributed by atoms with Gasteiger partial charge in [-0.25, -0.2) is 9.97 Å². The molecule has 6 rings (SSSR count). The van der Waals surface area contributed by atoms with Crippen LogP contribution in [0.4, 0.5) is 0 Å². The third kappa shape index (κ3) is 2.63. The highest BCUT2D eigenvalue weighted by atomic mass is 32.1. The van der Waals surface area contributed by atoms with Gasteiger partial charge in [0, 0.05) is 41.8 Å². The Hall–Kier alpha value is -2.96. The first kappa shape index (κ1) is 16.9. The van der Waals surface area contributed by atoms with E-state index >= 15 is 0 Å². The van der Waals surface area contributed by atoms with Crippen molar-refractivity contribution in [3.63, 3.8) is 0 Å². The number of aryl methyl sites for hydroxylation is 1. The summed E-state index contributed by atoms with van der Waals surface area (Å²) in [5.41, 5.74) is 6.11.